The Kier molecular flexibility index (Phi) is 7.84. The van der Waals surface area contributed by atoms with Crippen molar-refractivity contribution in [2.75, 3.05) is 13.1 Å². The predicted molar refractivity (Wildman–Crippen MR) is 117 cm³/mol. The lowest BCUT2D eigenvalue weighted by molar-refractivity contribution is -0.133. The minimum Gasteiger partial charge on any atom is -0.467 e. The molecule has 0 fully saturated rings. The van der Waals surface area contributed by atoms with Gasteiger partial charge in [-0.05, 0) is 60.5 Å². The van der Waals surface area contributed by atoms with Crippen LogP contribution >= 0.6 is 11.6 Å². The summed E-state index contributed by atoms with van der Waals surface area (Å²) in [6.07, 6.45) is 2.26. The zero-order chi connectivity index (χ0) is 22.2. The molecule has 0 spiro atoms. The fourth-order valence-electron chi connectivity index (χ4n) is 3.19. The van der Waals surface area contributed by atoms with E-state index in [1.165, 1.54) is 17.0 Å². The Bertz CT molecular complexity index is 989. The highest BCUT2D eigenvalue weighted by molar-refractivity contribution is 6.30. The molecule has 0 saturated carbocycles. The molecule has 3 aromatic rings. The maximum atomic E-state index is 13.3. The van der Waals surface area contributed by atoms with E-state index in [9.17, 15) is 14.0 Å². The second-order valence-corrected chi connectivity index (χ2v) is 7.63. The average molecular weight is 443 g/mol. The Labute approximate surface area is 186 Å². The quantitative estimate of drug-likeness (QED) is 0.460. The highest BCUT2D eigenvalue weighted by Gasteiger charge is 2.23. The van der Waals surface area contributed by atoms with Gasteiger partial charge in [-0.3, -0.25) is 9.59 Å². The van der Waals surface area contributed by atoms with E-state index in [2.05, 4.69) is 0 Å². The fourth-order valence-corrected chi connectivity index (χ4v) is 3.32. The van der Waals surface area contributed by atoms with Crippen LogP contribution in [0.15, 0.2) is 71.3 Å². The third kappa shape index (κ3) is 6.43. The molecule has 3 rings (SSSR count). The van der Waals surface area contributed by atoms with Crippen LogP contribution in [-0.2, 0) is 17.9 Å². The largest absolute Gasteiger partial charge is 0.467 e. The summed E-state index contributed by atoms with van der Waals surface area (Å²) in [5.74, 6) is -0.167. The monoisotopic (exact) mass is 442 g/mol. The van der Waals surface area contributed by atoms with Gasteiger partial charge in [0.1, 0.15) is 18.1 Å². The van der Waals surface area contributed by atoms with E-state index in [0.717, 1.165) is 5.56 Å². The third-order valence-corrected chi connectivity index (χ3v) is 5.02. The molecule has 1 heterocycles. The molecule has 2 amide bonds. The first-order chi connectivity index (χ1) is 15.0. The van der Waals surface area contributed by atoms with Gasteiger partial charge in [-0.25, -0.2) is 4.39 Å². The van der Waals surface area contributed by atoms with Crippen LogP contribution in [0.5, 0.6) is 0 Å². The lowest BCUT2D eigenvalue weighted by atomic mass is 10.1. The fraction of sp³-hybridized carbons (Fsp3) is 0.250. The van der Waals surface area contributed by atoms with Crippen LogP contribution < -0.4 is 0 Å². The molecule has 0 saturated heterocycles. The number of hydrogen-bond acceptors (Lipinski definition) is 3. The van der Waals surface area contributed by atoms with Crippen LogP contribution in [0.2, 0.25) is 5.02 Å². The first kappa shape index (κ1) is 22.6. The topological polar surface area (TPSA) is 53.8 Å². The van der Waals surface area contributed by atoms with Gasteiger partial charge in [0.05, 0.1) is 12.8 Å². The van der Waals surface area contributed by atoms with E-state index in [-0.39, 0.29) is 37.3 Å². The molecular weight excluding hydrogens is 419 g/mol. The van der Waals surface area contributed by atoms with Crippen molar-refractivity contribution in [2.45, 2.75) is 26.4 Å². The van der Waals surface area contributed by atoms with Crippen molar-refractivity contribution in [1.29, 1.82) is 0 Å². The minimum absolute atomic E-state index is 0.0722. The molecule has 1 aromatic heterocycles. The number of rotatable bonds is 9. The number of carbonyl (C=O) groups is 2. The van der Waals surface area contributed by atoms with E-state index in [1.54, 1.807) is 59.7 Å². The molecule has 0 atom stereocenters. The van der Waals surface area contributed by atoms with Crippen molar-refractivity contribution >= 4 is 23.4 Å². The molecule has 0 unspecified atom stereocenters. The summed E-state index contributed by atoms with van der Waals surface area (Å²) >= 11 is 5.92. The van der Waals surface area contributed by atoms with E-state index >= 15 is 0 Å². The summed E-state index contributed by atoms with van der Waals surface area (Å²) in [5.41, 5.74) is 1.26. The van der Waals surface area contributed by atoms with Gasteiger partial charge in [-0.2, -0.15) is 0 Å². The van der Waals surface area contributed by atoms with Gasteiger partial charge >= 0.3 is 0 Å². The summed E-state index contributed by atoms with van der Waals surface area (Å²) in [6.45, 7) is 2.84. The molecule has 0 N–H and O–H groups in total. The third-order valence-electron chi connectivity index (χ3n) is 4.76. The minimum atomic E-state index is -0.338. The number of benzene rings is 2. The predicted octanol–water partition coefficient (Wildman–Crippen LogP) is 5.15. The zero-order valence-electron chi connectivity index (χ0n) is 17.3. The van der Waals surface area contributed by atoms with Crippen LogP contribution in [0.4, 0.5) is 4.39 Å². The Morgan fingerprint density at radius 2 is 1.68 bits per heavy atom. The molecule has 0 aliphatic rings. The van der Waals surface area contributed by atoms with Gasteiger partial charge in [0.25, 0.3) is 5.91 Å². The van der Waals surface area contributed by atoms with Crippen LogP contribution in [0.3, 0.4) is 0 Å². The van der Waals surface area contributed by atoms with Crippen molar-refractivity contribution in [3.05, 3.63) is 94.7 Å². The van der Waals surface area contributed by atoms with Crippen molar-refractivity contribution < 1.29 is 18.4 Å². The molecule has 2 aromatic carbocycles. The molecule has 0 bridgehead atoms. The Morgan fingerprint density at radius 3 is 2.29 bits per heavy atom. The summed E-state index contributed by atoms with van der Waals surface area (Å²) in [4.78, 5) is 29.3. The SMILES string of the molecule is CCCN(CC(=O)N(Cc1ccc(F)cc1)Cc1ccco1)C(=O)c1ccc(Cl)cc1. The number of halogens is 2. The van der Waals surface area contributed by atoms with Crippen molar-refractivity contribution in [2.24, 2.45) is 0 Å². The Hall–Kier alpha value is -3.12. The number of carbonyl (C=O) groups excluding carboxylic acids is 2. The Balaban J connectivity index is 1.77. The highest BCUT2D eigenvalue weighted by Crippen LogP contribution is 2.15. The van der Waals surface area contributed by atoms with Gasteiger partial charge < -0.3 is 14.2 Å². The van der Waals surface area contributed by atoms with Crippen LogP contribution in [0.1, 0.15) is 35.0 Å². The number of nitrogens with zero attached hydrogens (tertiary/aromatic N) is 2. The van der Waals surface area contributed by atoms with Gasteiger partial charge in [0, 0.05) is 23.7 Å². The van der Waals surface area contributed by atoms with E-state index in [1.807, 2.05) is 6.92 Å². The summed E-state index contributed by atoms with van der Waals surface area (Å²) in [5, 5.41) is 0.540. The first-order valence-electron chi connectivity index (χ1n) is 10.1. The Morgan fingerprint density at radius 1 is 0.968 bits per heavy atom. The van der Waals surface area contributed by atoms with E-state index in [0.29, 0.717) is 29.3 Å². The van der Waals surface area contributed by atoms with Crippen LogP contribution in [-0.4, -0.2) is 34.7 Å². The first-order valence-corrected chi connectivity index (χ1v) is 10.4. The molecule has 162 valence electrons. The zero-order valence-corrected chi connectivity index (χ0v) is 18.0. The normalized spacial score (nSPS) is 10.7. The van der Waals surface area contributed by atoms with Crippen LogP contribution in [0, 0.1) is 5.82 Å². The molecule has 7 heteroatoms. The van der Waals surface area contributed by atoms with Crippen molar-refractivity contribution in [3.63, 3.8) is 0 Å². The number of furan rings is 1. The molecule has 0 aliphatic carbocycles. The summed E-state index contributed by atoms with van der Waals surface area (Å²) in [6, 6.07) is 16.1. The molecule has 0 aliphatic heterocycles. The maximum absolute atomic E-state index is 13.3. The van der Waals surface area contributed by atoms with Gasteiger partial charge in [-0.1, -0.05) is 30.7 Å². The van der Waals surface area contributed by atoms with Gasteiger partial charge in [0.15, 0.2) is 0 Å². The molecular formula is C24H24ClFN2O3. The maximum Gasteiger partial charge on any atom is 0.254 e. The van der Waals surface area contributed by atoms with Crippen molar-refractivity contribution in [1.82, 2.24) is 9.80 Å². The van der Waals surface area contributed by atoms with Crippen molar-refractivity contribution in [3.8, 4) is 0 Å². The highest BCUT2D eigenvalue weighted by atomic mass is 35.5. The molecule has 0 radical (unpaired) electrons. The molecule has 31 heavy (non-hydrogen) atoms. The van der Waals surface area contributed by atoms with Crippen LogP contribution in [0.25, 0.3) is 0 Å². The number of hydrogen-bond donors (Lipinski definition) is 0. The second-order valence-electron chi connectivity index (χ2n) is 7.19. The smallest absolute Gasteiger partial charge is 0.254 e. The lowest BCUT2D eigenvalue weighted by Crippen LogP contribution is -2.42. The standard InChI is InChI=1S/C24H24ClFN2O3/c1-2-13-27(24(30)19-7-9-20(25)10-8-19)17-23(29)28(16-22-4-3-14-31-22)15-18-5-11-21(26)12-6-18/h3-12,14H,2,13,15-17H2,1H3. The van der Waals surface area contributed by atoms with E-state index in [4.69, 9.17) is 16.0 Å². The number of amides is 2. The average Bonchev–Trinajstić information content (AvgIpc) is 3.27. The summed E-state index contributed by atoms with van der Waals surface area (Å²) in [7, 11) is 0. The second kappa shape index (κ2) is 10.8. The van der Waals surface area contributed by atoms with E-state index < -0.39 is 0 Å². The van der Waals surface area contributed by atoms with Gasteiger partial charge in [0.2, 0.25) is 5.91 Å². The lowest BCUT2D eigenvalue weighted by Gasteiger charge is -2.27. The molecule has 5 nitrogen and oxygen atoms in total. The van der Waals surface area contributed by atoms with Gasteiger partial charge in [-0.15, -0.1) is 0 Å². The summed E-state index contributed by atoms with van der Waals surface area (Å²) < 4.78 is 18.7.